The number of aromatic nitrogens is 3. The van der Waals surface area contributed by atoms with Crippen LogP contribution in [0, 0.1) is 19.8 Å². The summed E-state index contributed by atoms with van der Waals surface area (Å²) >= 11 is 0. The molecule has 1 aromatic carbocycles. The van der Waals surface area contributed by atoms with E-state index in [1.165, 1.54) is 6.42 Å². The van der Waals surface area contributed by atoms with Crippen LogP contribution in [0.4, 0.5) is 5.69 Å². The van der Waals surface area contributed by atoms with Crippen LogP contribution < -0.4 is 4.90 Å². The van der Waals surface area contributed by atoms with Crippen LogP contribution in [0.5, 0.6) is 0 Å². The lowest BCUT2D eigenvalue weighted by molar-refractivity contribution is -0.119. The lowest BCUT2D eigenvalue weighted by atomic mass is 10.1. The third-order valence-electron chi connectivity index (χ3n) is 7.51. The smallest absolute Gasteiger partial charge is 0.255 e. The van der Waals surface area contributed by atoms with Gasteiger partial charge in [-0.1, -0.05) is 43.9 Å². The number of carbonyl (C=O) groups is 2. The quantitative estimate of drug-likeness (QED) is 0.490. The lowest BCUT2D eigenvalue weighted by Crippen LogP contribution is -2.36. The predicted molar refractivity (Wildman–Crippen MR) is 142 cm³/mol. The maximum absolute atomic E-state index is 14.1. The summed E-state index contributed by atoms with van der Waals surface area (Å²) in [4.78, 5) is 36.1. The van der Waals surface area contributed by atoms with Gasteiger partial charge in [-0.3, -0.25) is 14.3 Å². The van der Waals surface area contributed by atoms with Gasteiger partial charge in [0.1, 0.15) is 0 Å². The summed E-state index contributed by atoms with van der Waals surface area (Å²) in [6.45, 7) is 5.78. The number of aryl methyl sites for hydroxylation is 3. The molecule has 3 aromatic rings. The SMILES string of the molecule is Cc1cc(C(=O)N2CCCCCCCCN(C(=O)C3CC3)c3ccccc3C2)c2c(C)nn(C)c2n1. The number of carbonyl (C=O) groups excluding carboxylic acids is 2. The molecule has 0 spiro atoms. The van der Waals surface area contributed by atoms with Gasteiger partial charge in [0.05, 0.1) is 16.6 Å². The largest absolute Gasteiger partial charge is 0.334 e. The van der Waals surface area contributed by atoms with E-state index >= 15 is 0 Å². The van der Waals surface area contributed by atoms with E-state index in [2.05, 4.69) is 22.2 Å². The molecule has 0 bridgehead atoms. The fourth-order valence-electron chi connectivity index (χ4n) is 5.45. The average Bonchev–Trinajstić information content (AvgIpc) is 3.67. The van der Waals surface area contributed by atoms with Crippen molar-refractivity contribution in [3.8, 4) is 0 Å². The zero-order valence-electron chi connectivity index (χ0n) is 21.8. The molecule has 190 valence electrons. The molecule has 5 rings (SSSR count). The van der Waals surface area contributed by atoms with Crippen LogP contribution in [-0.4, -0.2) is 44.6 Å². The second-order valence-electron chi connectivity index (χ2n) is 10.5. The van der Waals surface area contributed by atoms with E-state index in [4.69, 9.17) is 0 Å². The Labute approximate surface area is 213 Å². The van der Waals surface area contributed by atoms with Gasteiger partial charge in [-0.15, -0.1) is 0 Å². The van der Waals surface area contributed by atoms with E-state index in [0.717, 1.165) is 85.2 Å². The van der Waals surface area contributed by atoms with Crippen molar-refractivity contribution in [2.75, 3.05) is 18.0 Å². The van der Waals surface area contributed by atoms with Crippen molar-refractivity contribution in [1.82, 2.24) is 19.7 Å². The van der Waals surface area contributed by atoms with Gasteiger partial charge in [-0.05, 0) is 57.2 Å². The maximum Gasteiger partial charge on any atom is 0.255 e. The number of anilines is 1. The Morgan fingerprint density at radius 3 is 2.39 bits per heavy atom. The Bertz CT molecular complexity index is 1280. The number of amides is 2. The summed E-state index contributed by atoms with van der Waals surface area (Å²) in [6, 6.07) is 10.0. The van der Waals surface area contributed by atoms with E-state index in [1.807, 2.05) is 48.9 Å². The number of rotatable bonds is 2. The van der Waals surface area contributed by atoms with Gasteiger partial charge in [0.2, 0.25) is 5.91 Å². The molecule has 1 saturated carbocycles. The van der Waals surface area contributed by atoms with E-state index in [1.54, 1.807) is 4.68 Å². The fourth-order valence-corrected chi connectivity index (χ4v) is 5.45. The van der Waals surface area contributed by atoms with E-state index in [0.29, 0.717) is 18.7 Å². The number of para-hydroxylation sites is 1. The van der Waals surface area contributed by atoms with E-state index in [-0.39, 0.29) is 17.7 Å². The zero-order valence-corrected chi connectivity index (χ0v) is 21.8. The van der Waals surface area contributed by atoms with Crippen molar-refractivity contribution >= 4 is 28.5 Å². The van der Waals surface area contributed by atoms with Crippen LogP contribution >= 0.6 is 0 Å². The number of fused-ring (bicyclic) bond motifs is 2. The molecule has 2 amide bonds. The third kappa shape index (κ3) is 5.01. The van der Waals surface area contributed by atoms with Gasteiger partial charge in [-0.25, -0.2) is 4.98 Å². The molecule has 7 heteroatoms. The van der Waals surface area contributed by atoms with Crippen LogP contribution in [0.3, 0.4) is 0 Å². The highest BCUT2D eigenvalue weighted by Crippen LogP contribution is 2.35. The minimum atomic E-state index is 0.00587. The Morgan fingerprint density at radius 1 is 0.944 bits per heavy atom. The minimum Gasteiger partial charge on any atom is -0.334 e. The average molecular weight is 488 g/mol. The van der Waals surface area contributed by atoms with Gasteiger partial charge < -0.3 is 9.80 Å². The lowest BCUT2D eigenvalue weighted by Gasteiger charge is -2.29. The van der Waals surface area contributed by atoms with Gasteiger partial charge in [0.25, 0.3) is 5.91 Å². The molecule has 2 aromatic heterocycles. The highest BCUT2D eigenvalue weighted by Gasteiger charge is 2.35. The molecule has 0 atom stereocenters. The Balaban J connectivity index is 1.54. The highest BCUT2D eigenvalue weighted by molar-refractivity contribution is 6.06. The van der Waals surface area contributed by atoms with Crippen LogP contribution in [0.25, 0.3) is 11.0 Å². The second kappa shape index (κ2) is 10.4. The first kappa shape index (κ1) is 24.5. The molecule has 0 radical (unpaired) electrons. The van der Waals surface area contributed by atoms with E-state index in [9.17, 15) is 9.59 Å². The third-order valence-corrected chi connectivity index (χ3v) is 7.51. The summed E-state index contributed by atoms with van der Waals surface area (Å²) in [5.74, 6) is 0.409. The Kier molecular flexibility index (Phi) is 7.08. The van der Waals surface area contributed by atoms with Crippen molar-refractivity contribution in [3.63, 3.8) is 0 Å². The van der Waals surface area contributed by atoms with Gasteiger partial charge in [0.15, 0.2) is 5.65 Å². The number of hydrogen-bond donors (Lipinski definition) is 0. The monoisotopic (exact) mass is 487 g/mol. The summed E-state index contributed by atoms with van der Waals surface area (Å²) < 4.78 is 1.75. The fraction of sp³-hybridized carbons (Fsp3) is 0.517. The molecule has 36 heavy (non-hydrogen) atoms. The molecule has 2 aliphatic rings. The molecular formula is C29H37N5O2. The summed E-state index contributed by atoms with van der Waals surface area (Å²) in [6.07, 6.45) is 8.53. The van der Waals surface area contributed by atoms with Gasteiger partial charge in [-0.2, -0.15) is 5.10 Å². The van der Waals surface area contributed by atoms with Crippen molar-refractivity contribution in [2.24, 2.45) is 13.0 Å². The first-order valence-corrected chi connectivity index (χ1v) is 13.4. The van der Waals surface area contributed by atoms with Crippen LogP contribution in [0.15, 0.2) is 30.3 Å². The van der Waals surface area contributed by atoms with Crippen molar-refractivity contribution < 1.29 is 9.59 Å². The molecular weight excluding hydrogens is 450 g/mol. The summed E-state index contributed by atoms with van der Waals surface area (Å²) in [7, 11) is 1.87. The predicted octanol–water partition coefficient (Wildman–Crippen LogP) is 5.32. The Hall–Kier alpha value is -3.22. The number of benzene rings is 1. The van der Waals surface area contributed by atoms with Crippen molar-refractivity contribution in [2.45, 2.75) is 71.8 Å². The van der Waals surface area contributed by atoms with Crippen molar-refractivity contribution in [1.29, 1.82) is 0 Å². The van der Waals surface area contributed by atoms with Crippen molar-refractivity contribution in [3.05, 3.63) is 52.8 Å². The number of nitrogens with zero attached hydrogens (tertiary/aromatic N) is 5. The topological polar surface area (TPSA) is 71.3 Å². The van der Waals surface area contributed by atoms with E-state index < -0.39 is 0 Å². The standard InChI is InChI=1S/C29H37N5O2/c1-20-18-24(26-21(2)31-32(3)27(26)30-20)29(36)33-16-10-6-4-5-7-11-17-34(28(35)22-14-15-22)25-13-9-8-12-23(25)19-33/h8-9,12-13,18,22H,4-7,10-11,14-17,19H2,1-3H3. The zero-order chi connectivity index (χ0) is 25.2. The first-order valence-electron chi connectivity index (χ1n) is 13.4. The molecule has 0 N–H and O–H groups in total. The molecule has 1 aliphatic heterocycles. The highest BCUT2D eigenvalue weighted by atomic mass is 16.2. The van der Waals surface area contributed by atoms with Crippen LogP contribution in [0.1, 0.15) is 78.7 Å². The normalized spacial score (nSPS) is 17.8. The number of pyridine rings is 1. The Morgan fingerprint density at radius 2 is 1.64 bits per heavy atom. The molecule has 7 nitrogen and oxygen atoms in total. The number of hydrogen-bond acceptors (Lipinski definition) is 4. The maximum atomic E-state index is 14.1. The first-order chi connectivity index (χ1) is 17.4. The molecule has 1 fully saturated rings. The van der Waals surface area contributed by atoms with Gasteiger partial charge in [0, 0.05) is 44.0 Å². The minimum absolute atomic E-state index is 0.00587. The molecule has 0 unspecified atom stereocenters. The van der Waals surface area contributed by atoms with Crippen LogP contribution in [-0.2, 0) is 18.4 Å². The second-order valence-corrected chi connectivity index (χ2v) is 10.5. The summed E-state index contributed by atoms with van der Waals surface area (Å²) in [5.41, 5.74) is 5.01. The summed E-state index contributed by atoms with van der Waals surface area (Å²) in [5, 5.41) is 5.37. The van der Waals surface area contributed by atoms with Crippen LogP contribution in [0.2, 0.25) is 0 Å². The molecule has 3 heterocycles. The molecule has 0 saturated heterocycles. The van der Waals surface area contributed by atoms with Gasteiger partial charge >= 0.3 is 0 Å². The molecule has 1 aliphatic carbocycles.